The number of nitrogens with one attached hydrogen (secondary N) is 1. The van der Waals surface area contributed by atoms with Crippen LogP contribution in [0.1, 0.15) is 25.7 Å². The largest absolute Gasteiger partial charge is 0.480 e. The van der Waals surface area contributed by atoms with Crippen molar-refractivity contribution >= 4 is 5.97 Å². The van der Waals surface area contributed by atoms with E-state index < -0.39 is 11.5 Å². The molecule has 0 saturated carbocycles. The van der Waals surface area contributed by atoms with Crippen molar-refractivity contribution in [2.45, 2.75) is 31.2 Å². The summed E-state index contributed by atoms with van der Waals surface area (Å²) >= 11 is 0. The van der Waals surface area contributed by atoms with Crippen LogP contribution in [0.25, 0.3) is 0 Å². The molecule has 2 N–H and O–H groups in total. The van der Waals surface area contributed by atoms with Gasteiger partial charge in [0.1, 0.15) is 5.54 Å². The van der Waals surface area contributed by atoms with E-state index in [2.05, 4.69) is 5.32 Å². The Morgan fingerprint density at radius 1 is 1.44 bits per heavy atom. The van der Waals surface area contributed by atoms with Gasteiger partial charge in [-0.05, 0) is 32.2 Å². The second-order valence-corrected chi connectivity index (χ2v) is 4.13. The summed E-state index contributed by atoms with van der Waals surface area (Å²) in [6.07, 6.45) is 2.98. The van der Waals surface area contributed by atoms with Gasteiger partial charge in [-0.3, -0.25) is 4.79 Å². The summed E-state index contributed by atoms with van der Waals surface area (Å²) in [5.41, 5.74) is -0.772. The average Bonchev–Trinajstić information content (AvgIpc) is 2.30. The summed E-state index contributed by atoms with van der Waals surface area (Å²) in [4.78, 5) is 11.3. The predicted octanol–water partition coefficient (Wildman–Crippen LogP) is 0.636. The third kappa shape index (κ3) is 3.73. The number of aliphatic carboxylic acids is 1. The molecule has 0 aliphatic carbocycles. The standard InChI is InChI=1S/C11H21NO4/c1-15-7-3-2-6-12-11(10(13)14)4-8-16-9-5-11/h12H,2-9H2,1H3,(H,13,14). The summed E-state index contributed by atoms with van der Waals surface area (Å²) in [5.74, 6) is -0.762. The van der Waals surface area contributed by atoms with Crippen LogP contribution in [0.15, 0.2) is 0 Å². The first-order valence-corrected chi connectivity index (χ1v) is 5.76. The van der Waals surface area contributed by atoms with Crippen molar-refractivity contribution in [1.82, 2.24) is 5.32 Å². The zero-order valence-corrected chi connectivity index (χ0v) is 9.83. The normalized spacial score (nSPS) is 19.6. The number of carbonyl (C=O) groups is 1. The summed E-state index contributed by atoms with van der Waals surface area (Å²) in [5, 5.41) is 12.4. The smallest absolute Gasteiger partial charge is 0.324 e. The fraction of sp³-hybridized carbons (Fsp3) is 0.909. The second kappa shape index (κ2) is 6.83. The predicted molar refractivity (Wildman–Crippen MR) is 59.5 cm³/mol. The van der Waals surface area contributed by atoms with Crippen molar-refractivity contribution in [2.75, 3.05) is 33.5 Å². The molecule has 1 heterocycles. The van der Waals surface area contributed by atoms with Crippen molar-refractivity contribution in [3.63, 3.8) is 0 Å². The van der Waals surface area contributed by atoms with Crippen LogP contribution in [0.4, 0.5) is 0 Å². The number of carboxylic acids is 1. The van der Waals surface area contributed by atoms with E-state index >= 15 is 0 Å². The van der Waals surface area contributed by atoms with Gasteiger partial charge in [0.25, 0.3) is 0 Å². The van der Waals surface area contributed by atoms with Crippen molar-refractivity contribution in [1.29, 1.82) is 0 Å². The van der Waals surface area contributed by atoms with Crippen LogP contribution in [0, 0.1) is 0 Å². The molecule has 0 aromatic heterocycles. The van der Waals surface area contributed by atoms with Crippen LogP contribution >= 0.6 is 0 Å². The Morgan fingerprint density at radius 3 is 2.69 bits per heavy atom. The van der Waals surface area contributed by atoms with Gasteiger partial charge in [0.2, 0.25) is 0 Å². The third-order valence-corrected chi connectivity index (χ3v) is 2.99. The topological polar surface area (TPSA) is 67.8 Å². The zero-order valence-electron chi connectivity index (χ0n) is 9.83. The molecule has 94 valence electrons. The SMILES string of the molecule is COCCCCNC1(C(=O)O)CCOCC1. The number of methoxy groups -OCH3 is 1. The molecule has 0 bridgehead atoms. The summed E-state index contributed by atoms with van der Waals surface area (Å²) in [7, 11) is 1.67. The van der Waals surface area contributed by atoms with Gasteiger partial charge in [-0.15, -0.1) is 0 Å². The number of hydrogen-bond acceptors (Lipinski definition) is 4. The Morgan fingerprint density at radius 2 is 2.12 bits per heavy atom. The molecule has 5 nitrogen and oxygen atoms in total. The van der Waals surface area contributed by atoms with Gasteiger partial charge in [0, 0.05) is 26.9 Å². The van der Waals surface area contributed by atoms with Crippen LogP contribution < -0.4 is 5.32 Å². The molecule has 1 rings (SSSR count). The maximum Gasteiger partial charge on any atom is 0.324 e. The van der Waals surface area contributed by atoms with Crippen LogP contribution in [0.2, 0.25) is 0 Å². The lowest BCUT2D eigenvalue weighted by Crippen LogP contribution is -2.55. The highest BCUT2D eigenvalue weighted by Gasteiger charge is 2.39. The molecule has 1 saturated heterocycles. The molecule has 0 aromatic rings. The fourth-order valence-electron chi connectivity index (χ4n) is 1.89. The maximum atomic E-state index is 11.3. The van der Waals surface area contributed by atoms with Gasteiger partial charge in [0.15, 0.2) is 0 Å². The zero-order chi connectivity index (χ0) is 11.9. The van der Waals surface area contributed by atoms with E-state index in [9.17, 15) is 9.90 Å². The van der Waals surface area contributed by atoms with Gasteiger partial charge < -0.3 is 19.9 Å². The first-order chi connectivity index (χ1) is 7.71. The van der Waals surface area contributed by atoms with Gasteiger partial charge in [0.05, 0.1) is 0 Å². The van der Waals surface area contributed by atoms with E-state index in [4.69, 9.17) is 9.47 Å². The number of carboxylic acid groups (broad SMARTS) is 1. The molecule has 5 heteroatoms. The Labute approximate surface area is 96.1 Å². The number of unbranched alkanes of at least 4 members (excludes halogenated alkanes) is 1. The molecule has 0 atom stereocenters. The lowest BCUT2D eigenvalue weighted by atomic mass is 9.90. The van der Waals surface area contributed by atoms with E-state index in [0.29, 0.717) is 26.1 Å². The number of hydrogen-bond donors (Lipinski definition) is 2. The van der Waals surface area contributed by atoms with Crippen molar-refractivity contribution in [3.8, 4) is 0 Å². The Kier molecular flexibility index (Phi) is 5.73. The molecule has 1 aliphatic heterocycles. The molecule has 0 amide bonds. The molecule has 0 aromatic carbocycles. The van der Waals surface area contributed by atoms with Crippen LogP contribution in [0.3, 0.4) is 0 Å². The summed E-state index contributed by atoms with van der Waals surface area (Å²) < 4.78 is 10.1. The first-order valence-electron chi connectivity index (χ1n) is 5.76. The van der Waals surface area contributed by atoms with Crippen LogP contribution in [0.5, 0.6) is 0 Å². The molecule has 1 aliphatic rings. The van der Waals surface area contributed by atoms with E-state index in [-0.39, 0.29) is 0 Å². The Hall–Kier alpha value is -0.650. The minimum atomic E-state index is -0.772. The first kappa shape index (κ1) is 13.4. The highest BCUT2D eigenvalue weighted by molar-refractivity contribution is 5.78. The molecular weight excluding hydrogens is 210 g/mol. The molecule has 16 heavy (non-hydrogen) atoms. The monoisotopic (exact) mass is 231 g/mol. The molecule has 0 spiro atoms. The Bertz CT molecular complexity index is 214. The minimum Gasteiger partial charge on any atom is -0.480 e. The van der Waals surface area contributed by atoms with Crippen molar-refractivity contribution < 1.29 is 19.4 Å². The van der Waals surface area contributed by atoms with Gasteiger partial charge in [-0.1, -0.05) is 0 Å². The molecular formula is C11H21NO4. The highest BCUT2D eigenvalue weighted by atomic mass is 16.5. The summed E-state index contributed by atoms with van der Waals surface area (Å²) in [6.45, 7) is 2.50. The van der Waals surface area contributed by atoms with Gasteiger partial charge in [-0.2, -0.15) is 0 Å². The fourth-order valence-corrected chi connectivity index (χ4v) is 1.89. The maximum absolute atomic E-state index is 11.3. The molecule has 0 radical (unpaired) electrons. The van der Waals surface area contributed by atoms with E-state index in [1.54, 1.807) is 7.11 Å². The van der Waals surface area contributed by atoms with Crippen LogP contribution in [-0.4, -0.2) is 50.1 Å². The van der Waals surface area contributed by atoms with Crippen LogP contribution in [-0.2, 0) is 14.3 Å². The molecule has 0 unspecified atom stereocenters. The van der Waals surface area contributed by atoms with Crippen molar-refractivity contribution in [2.24, 2.45) is 0 Å². The minimum absolute atomic E-state index is 0.525. The Balaban J connectivity index is 2.30. The van der Waals surface area contributed by atoms with Crippen molar-refractivity contribution in [3.05, 3.63) is 0 Å². The average molecular weight is 231 g/mol. The number of ether oxygens (including phenoxy) is 2. The second-order valence-electron chi connectivity index (χ2n) is 4.13. The summed E-state index contributed by atoms with van der Waals surface area (Å²) in [6, 6.07) is 0. The molecule has 1 fully saturated rings. The lowest BCUT2D eigenvalue weighted by Gasteiger charge is -2.34. The highest BCUT2D eigenvalue weighted by Crippen LogP contribution is 2.20. The third-order valence-electron chi connectivity index (χ3n) is 2.99. The van der Waals surface area contributed by atoms with E-state index in [1.807, 2.05) is 0 Å². The van der Waals surface area contributed by atoms with E-state index in [0.717, 1.165) is 26.0 Å². The lowest BCUT2D eigenvalue weighted by molar-refractivity contribution is -0.149. The van der Waals surface area contributed by atoms with E-state index in [1.165, 1.54) is 0 Å². The van der Waals surface area contributed by atoms with Gasteiger partial charge in [-0.25, -0.2) is 0 Å². The number of rotatable bonds is 7. The van der Waals surface area contributed by atoms with Gasteiger partial charge >= 0.3 is 5.97 Å². The quantitative estimate of drug-likeness (QED) is 0.629.